The second-order valence-corrected chi connectivity index (χ2v) is 6.17. The van der Waals surface area contributed by atoms with Crippen molar-refractivity contribution in [3.63, 3.8) is 0 Å². The molecular formula is C16H24BrClO. The molecule has 1 unspecified atom stereocenters. The van der Waals surface area contributed by atoms with E-state index in [2.05, 4.69) is 35.0 Å². The molecule has 0 saturated carbocycles. The van der Waals surface area contributed by atoms with E-state index in [1.54, 1.807) is 0 Å². The summed E-state index contributed by atoms with van der Waals surface area (Å²) in [6.45, 7) is 4.91. The molecule has 19 heavy (non-hydrogen) atoms. The first-order valence-electron chi connectivity index (χ1n) is 7.25. The number of alkyl halides is 1. The summed E-state index contributed by atoms with van der Waals surface area (Å²) < 4.78 is 6.50. The Kier molecular flexibility index (Phi) is 8.56. The minimum Gasteiger partial charge on any atom is -0.493 e. The molecule has 3 heteroatoms. The quantitative estimate of drug-likeness (QED) is 0.366. The van der Waals surface area contributed by atoms with Crippen molar-refractivity contribution in [3.8, 4) is 5.75 Å². The van der Waals surface area contributed by atoms with E-state index in [0.717, 1.165) is 16.6 Å². The van der Waals surface area contributed by atoms with Crippen LogP contribution in [0.1, 0.15) is 63.3 Å². The molecule has 0 bridgehead atoms. The van der Waals surface area contributed by atoms with E-state index in [1.165, 1.54) is 37.7 Å². The SMILES string of the molecule is CCCCCCCC(Cl)c1ccc(OCC)c(Br)c1. The zero-order valence-electron chi connectivity index (χ0n) is 11.9. The second-order valence-electron chi connectivity index (χ2n) is 4.79. The Morgan fingerprint density at radius 3 is 2.53 bits per heavy atom. The summed E-state index contributed by atoms with van der Waals surface area (Å²) in [4.78, 5) is 0. The Morgan fingerprint density at radius 1 is 1.16 bits per heavy atom. The summed E-state index contributed by atoms with van der Waals surface area (Å²) in [6, 6.07) is 6.14. The first-order valence-corrected chi connectivity index (χ1v) is 8.48. The summed E-state index contributed by atoms with van der Waals surface area (Å²) in [5, 5.41) is 0.105. The van der Waals surface area contributed by atoms with Gasteiger partial charge in [-0.05, 0) is 47.0 Å². The van der Waals surface area contributed by atoms with Crippen LogP contribution >= 0.6 is 27.5 Å². The van der Waals surface area contributed by atoms with Crippen molar-refractivity contribution in [2.45, 2.75) is 57.7 Å². The molecule has 0 aliphatic rings. The van der Waals surface area contributed by atoms with Crippen LogP contribution in [0.5, 0.6) is 5.75 Å². The Labute approximate surface area is 130 Å². The molecule has 0 fully saturated rings. The summed E-state index contributed by atoms with van der Waals surface area (Å²) in [5.74, 6) is 0.887. The monoisotopic (exact) mass is 346 g/mol. The highest BCUT2D eigenvalue weighted by atomic mass is 79.9. The Bertz CT molecular complexity index is 368. The molecule has 0 radical (unpaired) electrons. The fourth-order valence-electron chi connectivity index (χ4n) is 2.08. The molecule has 1 nitrogen and oxygen atoms in total. The van der Waals surface area contributed by atoms with Gasteiger partial charge >= 0.3 is 0 Å². The van der Waals surface area contributed by atoms with Crippen molar-refractivity contribution in [2.24, 2.45) is 0 Å². The first kappa shape index (κ1) is 16.8. The van der Waals surface area contributed by atoms with Crippen molar-refractivity contribution < 1.29 is 4.74 Å². The third kappa shape index (κ3) is 6.18. The normalized spacial score (nSPS) is 12.4. The predicted octanol–water partition coefficient (Wildman–Crippen LogP) is 6.49. The van der Waals surface area contributed by atoms with E-state index >= 15 is 0 Å². The van der Waals surface area contributed by atoms with Gasteiger partial charge in [0.25, 0.3) is 0 Å². The minimum absolute atomic E-state index is 0.105. The summed E-state index contributed by atoms with van der Waals surface area (Å²) in [7, 11) is 0. The Hall–Kier alpha value is -0.210. The Balaban J connectivity index is 2.43. The third-order valence-electron chi connectivity index (χ3n) is 3.18. The van der Waals surface area contributed by atoms with E-state index in [4.69, 9.17) is 16.3 Å². The lowest BCUT2D eigenvalue weighted by atomic mass is 10.0. The van der Waals surface area contributed by atoms with Crippen LogP contribution in [0, 0.1) is 0 Å². The van der Waals surface area contributed by atoms with Gasteiger partial charge < -0.3 is 4.74 Å². The number of halogens is 2. The van der Waals surface area contributed by atoms with Gasteiger partial charge in [0, 0.05) is 0 Å². The van der Waals surface area contributed by atoms with E-state index in [1.807, 2.05) is 13.0 Å². The highest BCUT2D eigenvalue weighted by Gasteiger charge is 2.10. The molecule has 0 aliphatic carbocycles. The summed E-state index contributed by atoms with van der Waals surface area (Å²) in [5.41, 5.74) is 1.17. The van der Waals surface area contributed by atoms with E-state index in [9.17, 15) is 0 Å². The zero-order chi connectivity index (χ0) is 14.1. The number of ether oxygens (including phenoxy) is 1. The smallest absolute Gasteiger partial charge is 0.133 e. The van der Waals surface area contributed by atoms with Crippen LogP contribution in [0.3, 0.4) is 0 Å². The van der Waals surface area contributed by atoms with Crippen LogP contribution in [-0.4, -0.2) is 6.61 Å². The Morgan fingerprint density at radius 2 is 1.89 bits per heavy atom. The van der Waals surface area contributed by atoms with E-state index in [0.29, 0.717) is 6.61 Å². The van der Waals surface area contributed by atoms with Crippen LogP contribution < -0.4 is 4.74 Å². The van der Waals surface area contributed by atoms with Crippen molar-refractivity contribution >= 4 is 27.5 Å². The van der Waals surface area contributed by atoms with Crippen molar-refractivity contribution in [1.29, 1.82) is 0 Å². The van der Waals surface area contributed by atoms with Gasteiger partial charge in [-0.15, -0.1) is 11.6 Å². The first-order chi connectivity index (χ1) is 9.19. The maximum absolute atomic E-state index is 6.46. The third-order valence-corrected chi connectivity index (χ3v) is 4.27. The topological polar surface area (TPSA) is 9.23 Å². The molecule has 1 aromatic rings. The van der Waals surface area contributed by atoms with Gasteiger partial charge in [-0.2, -0.15) is 0 Å². The molecule has 0 heterocycles. The second kappa shape index (κ2) is 9.66. The van der Waals surface area contributed by atoms with E-state index in [-0.39, 0.29) is 5.38 Å². The molecule has 1 aromatic carbocycles. The highest BCUT2D eigenvalue weighted by molar-refractivity contribution is 9.10. The van der Waals surface area contributed by atoms with Crippen molar-refractivity contribution in [1.82, 2.24) is 0 Å². The van der Waals surface area contributed by atoms with Gasteiger partial charge in [0.1, 0.15) is 5.75 Å². The minimum atomic E-state index is 0.105. The average Bonchev–Trinajstić information content (AvgIpc) is 2.41. The van der Waals surface area contributed by atoms with Gasteiger partial charge in [-0.25, -0.2) is 0 Å². The molecule has 0 N–H and O–H groups in total. The standard InChI is InChI=1S/C16H24BrClO/c1-3-5-6-7-8-9-15(18)13-10-11-16(19-4-2)14(17)12-13/h10-12,15H,3-9H2,1-2H3. The molecule has 0 amide bonds. The summed E-state index contributed by atoms with van der Waals surface area (Å²) >= 11 is 9.99. The molecular weight excluding hydrogens is 324 g/mol. The average molecular weight is 348 g/mol. The lowest BCUT2D eigenvalue weighted by Gasteiger charge is -2.12. The summed E-state index contributed by atoms with van der Waals surface area (Å²) in [6.07, 6.45) is 7.49. The predicted molar refractivity (Wildman–Crippen MR) is 87.3 cm³/mol. The van der Waals surface area contributed by atoms with Crippen molar-refractivity contribution in [3.05, 3.63) is 28.2 Å². The van der Waals surface area contributed by atoms with Crippen LogP contribution in [0.2, 0.25) is 0 Å². The van der Waals surface area contributed by atoms with Crippen LogP contribution in [-0.2, 0) is 0 Å². The zero-order valence-corrected chi connectivity index (χ0v) is 14.3. The number of hydrogen-bond acceptors (Lipinski definition) is 1. The largest absolute Gasteiger partial charge is 0.493 e. The molecule has 0 aliphatic heterocycles. The molecule has 1 atom stereocenters. The molecule has 0 spiro atoms. The molecule has 108 valence electrons. The lowest BCUT2D eigenvalue weighted by molar-refractivity contribution is 0.338. The maximum Gasteiger partial charge on any atom is 0.133 e. The fraction of sp³-hybridized carbons (Fsp3) is 0.625. The maximum atomic E-state index is 6.46. The van der Waals surface area contributed by atoms with Crippen molar-refractivity contribution in [2.75, 3.05) is 6.61 Å². The number of unbranched alkanes of at least 4 members (excludes halogenated alkanes) is 4. The van der Waals surface area contributed by atoms with Gasteiger partial charge in [-0.3, -0.25) is 0 Å². The van der Waals surface area contributed by atoms with Gasteiger partial charge in [-0.1, -0.05) is 45.1 Å². The number of rotatable bonds is 9. The highest BCUT2D eigenvalue weighted by Crippen LogP contribution is 2.33. The molecule has 0 saturated heterocycles. The fourth-order valence-corrected chi connectivity index (χ4v) is 2.88. The number of benzene rings is 1. The van der Waals surface area contributed by atoms with Crippen LogP contribution in [0.25, 0.3) is 0 Å². The van der Waals surface area contributed by atoms with Gasteiger partial charge in [0.2, 0.25) is 0 Å². The molecule has 0 aromatic heterocycles. The van der Waals surface area contributed by atoms with Gasteiger partial charge in [0.05, 0.1) is 16.5 Å². The van der Waals surface area contributed by atoms with Crippen LogP contribution in [0.15, 0.2) is 22.7 Å². The van der Waals surface area contributed by atoms with Gasteiger partial charge in [0.15, 0.2) is 0 Å². The van der Waals surface area contributed by atoms with E-state index < -0.39 is 0 Å². The van der Waals surface area contributed by atoms with Crippen LogP contribution in [0.4, 0.5) is 0 Å². The number of hydrogen-bond donors (Lipinski definition) is 0. The lowest BCUT2D eigenvalue weighted by Crippen LogP contribution is -1.95. The molecule has 1 rings (SSSR count).